The van der Waals surface area contributed by atoms with Crippen molar-refractivity contribution in [3.05, 3.63) is 64.8 Å². The number of H-pyrrole nitrogens is 1. The molecule has 5 heteroatoms. The zero-order valence-corrected chi connectivity index (χ0v) is 17.9. The predicted octanol–water partition coefficient (Wildman–Crippen LogP) is 4.91. The molecule has 0 saturated heterocycles. The van der Waals surface area contributed by atoms with Gasteiger partial charge in [-0.05, 0) is 61.4 Å². The number of carbonyl (C=O) groups excluding carboxylic acids is 2. The number of hydrogen-bond acceptors (Lipinski definition) is 2. The molecule has 0 aliphatic heterocycles. The molecule has 1 aliphatic carbocycles. The minimum atomic E-state index is -0.122. The molecule has 1 heterocycles. The van der Waals surface area contributed by atoms with Crippen LogP contribution >= 0.6 is 0 Å². The molecular formula is C25H29N3O2. The highest BCUT2D eigenvalue weighted by Crippen LogP contribution is 2.33. The van der Waals surface area contributed by atoms with E-state index in [-0.39, 0.29) is 11.8 Å². The Morgan fingerprint density at radius 2 is 2.00 bits per heavy atom. The summed E-state index contributed by atoms with van der Waals surface area (Å²) in [6.07, 6.45) is 3.29. The number of aromatic amines is 1. The van der Waals surface area contributed by atoms with Crippen molar-refractivity contribution >= 4 is 28.4 Å². The number of aryl methyl sites for hydroxylation is 1. The van der Waals surface area contributed by atoms with Gasteiger partial charge in [-0.2, -0.15) is 0 Å². The minimum absolute atomic E-state index is 0.0450. The first-order chi connectivity index (χ1) is 14.5. The number of fused-ring (bicyclic) bond motifs is 3. The molecule has 0 spiro atoms. The van der Waals surface area contributed by atoms with Crippen LogP contribution in [0.15, 0.2) is 42.5 Å². The lowest BCUT2D eigenvalue weighted by Gasteiger charge is -2.19. The third-order valence-electron chi connectivity index (χ3n) is 6.10. The van der Waals surface area contributed by atoms with Gasteiger partial charge in [0, 0.05) is 36.8 Å². The zero-order chi connectivity index (χ0) is 21.3. The molecule has 0 fully saturated rings. The molecule has 0 radical (unpaired) electrons. The second-order valence-electron chi connectivity index (χ2n) is 8.35. The summed E-state index contributed by atoms with van der Waals surface area (Å²) in [6.45, 7) is 7.02. The SMILES string of the molecule is CCN(Cc1cccc(NC(=O)c2cccc3c4c([nH]c23)CCC(C)C4)c1)C(C)=O. The van der Waals surface area contributed by atoms with Gasteiger partial charge in [-0.25, -0.2) is 0 Å². The van der Waals surface area contributed by atoms with Gasteiger partial charge in [0.25, 0.3) is 5.91 Å². The van der Waals surface area contributed by atoms with Gasteiger partial charge in [-0.3, -0.25) is 9.59 Å². The molecule has 1 aromatic heterocycles. The Labute approximate surface area is 177 Å². The first-order valence-electron chi connectivity index (χ1n) is 10.7. The highest BCUT2D eigenvalue weighted by atomic mass is 16.2. The first-order valence-corrected chi connectivity index (χ1v) is 10.7. The normalized spacial score (nSPS) is 15.6. The van der Waals surface area contributed by atoms with Gasteiger partial charge in [0.1, 0.15) is 0 Å². The lowest BCUT2D eigenvalue weighted by atomic mass is 9.87. The number of nitrogens with zero attached hydrogens (tertiary/aromatic N) is 1. The Morgan fingerprint density at radius 1 is 1.20 bits per heavy atom. The van der Waals surface area contributed by atoms with Crippen molar-refractivity contribution in [2.24, 2.45) is 5.92 Å². The van der Waals surface area contributed by atoms with Crippen LogP contribution in [0.25, 0.3) is 10.9 Å². The van der Waals surface area contributed by atoms with E-state index in [2.05, 4.69) is 23.3 Å². The molecule has 5 nitrogen and oxygen atoms in total. The lowest BCUT2D eigenvalue weighted by molar-refractivity contribution is -0.129. The summed E-state index contributed by atoms with van der Waals surface area (Å²) >= 11 is 0. The number of rotatable bonds is 5. The molecule has 1 atom stereocenters. The van der Waals surface area contributed by atoms with E-state index in [9.17, 15) is 9.59 Å². The number of benzene rings is 2. The lowest BCUT2D eigenvalue weighted by Crippen LogP contribution is -2.27. The highest BCUT2D eigenvalue weighted by molar-refractivity contribution is 6.12. The number of nitrogens with one attached hydrogen (secondary N) is 2. The highest BCUT2D eigenvalue weighted by Gasteiger charge is 2.22. The Balaban J connectivity index is 1.58. The smallest absolute Gasteiger partial charge is 0.257 e. The van der Waals surface area contributed by atoms with Crippen molar-refractivity contribution in [1.29, 1.82) is 0 Å². The van der Waals surface area contributed by atoms with Crippen molar-refractivity contribution in [2.45, 2.75) is 46.6 Å². The average molecular weight is 404 g/mol. The van der Waals surface area contributed by atoms with E-state index in [1.165, 1.54) is 17.7 Å². The molecule has 1 aliphatic rings. The molecule has 0 bridgehead atoms. The van der Waals surface area contributed by atoms with Gasteiger partial charge in [0.05, 0.1) is 11.1 Å². The number of hydrogen-bond donors (Lipinski definition) is 2. The summed E-state index contributed by atoms with van der Waals surface area (Å²) in [7, 11) is 0. The summed E-state index contributed by atoms with van der Waals surface area (Å²) < 4.78 is 0. The van der Waals surface area contributed by atoms with E-state index in [1.807, 2.05) is 43.3 Å². The quantitative estimate of drug-likeness (QED) is 0.635. The Morgan fingerprint density at radius 3 is 2.77 bits per heavy atom. The van der Waals surface area contributed by atoms with E-state index in [4.69, 9.17) is 0 Å². The summed E-state index contributed by atoms with van der Waals surface area (Å²) in [5, 5.41) is 4.20. The second kappa shape index (κ2) is 8.34. The van der Waals surface area contributed by atoms with Gasteiger partial charge in [0.2, 0.25) is 5.91 Å². The van der Waals surface area contributed by atoms with E-state index in [0.717, 1.165) is 35.0 Å². The molecule has 1 unspecified atom stereocenters. The topological polar surface area (TPSA) is 65.2 Å². The van der Waals surface area contributed by atoms with Crippen LogP contribution in [0.3, 0.4) is 0 Å². The van der Waals surface area contributed by atoms with Gasteiger partial charge in [-0.1, -0.05) is 31.2 Å². The van der Waals surface area contributed by atoms with Crippen LogP contribution < -0.4 is 5.32 Å². The number of amides is 2. The maximum absolute atomic E-state index is 13.1. The fourth-order valence-electron chi connectivity index (χ4n) is 4.42. The third-order valence-corrected chi connectivity index (χ3v) is 6.10. The predicted molar refractivity (Wildman–Crippen MR) is 121 cm³/mol. The van der Waals surface area contributed by atoms with Gasteiger partial charge < -0.3 is 15.2 Å². The van der Waals surface area contributed by atoms with Gasteiger partial charge in [-0.15, -0.1) is 0 Å². The fraction of sp³-hybridized carbons (Fsp3) is 0.360. The van der Waals surface area contributed by atoms with Gasteiger partial charge >= 0.3 is 0 Å². The minimum Gasteiger partial charge on any atom is -0.358 e. The summed E-state index contributed by atoms with van der Waals surface area (Å²) in [5.74, 6) is 0.598. The molecule has 4 rings (SSSR count). The molecule has 0 saturated carbocycles. The van der Waals surface area contributed by atoms with Crippen LogP contribution in [-0.4, -0.2) is 28.2 Å². The van der Waals surface area contributed by atoms with Crippen molar-refractivity contribution in [2.75, 3.05) is 11.9 Å². The Bertz CT molecular complexity index is 1100. The largest absolute Gasteiger partial charge is 0.358 e. The Hall–Kier alpha value is -3.08. The molecule has 30 heavy (non-hydrogen) atoms. The standard InChI is InChI=1S/C25H29N3O2/c1-4-28(17(3)29)15-18-7-5-8-19(14-18)26-25(30)21-10-6-9-20-22-13-16(2)11-12-23(22)27-24(20)21/h5-10,14,16,27H,4,11-13,15H2,1-3H3,(H,26,30). The first kappa shape index (κ1) is 20.2. The molecule has 156 valence electrons. The summed E-state index contributed by atoms with van der Waals surface area (Å²) in [5.41, 5.74) is 5.96. The molecule has 2 amide bonds. The van der Waals surface area contributed by atoms with E-state index in [0.29, 0.717) is 24.6 Å². The maximum atomic E-state index is 13.1. The molecular weight excluding hydrogens is 374 g/mol. The second-order valence-corrected chi connectivity index (χ2v) is 8.35. The number of carbonyl (C=O) groups is 2. The van der Waals surface area contributed by atoms with Crippen molar-refractivity contribution in [1.82, 2.24) is 9.88 Å². The summed E-state index contributed by atoms with van der Waals surface area (Å²) in [4.78, 5) is 30.1. The molecule has 2 aromatic carbocycles. The van der Waals surface area contributed by atoms with Crippen molar-refractivity contribution in [3.63, 3.8) is 0 Å². The zero-order valence-electron chi connectivity index (χ0n) is 17.9. The van der Waals surface area contributed by atoms with E-state index in [1.54, 1.807) is 11.8 Å². The summed E-state index contributed by atoms with van der Waals surface area (Å²) in [6, 6.07) is 13.7. The number of aromatic nitrogens is 1. The number of para-hydroxylation sites is 1. The maximum Gasteiger partial charge on any atom is 0.257 e. The van der Waals surface area contributed by atoms with E-state index >= 15 is 0 Å². The third kappa shape index (κ3) is 3.97. The monoisotopic (exact) mass is 403 g/mol. The van der Waals surface area contributed by atoms with Gasteiger partial charge in [0.15, 0.2) is 0 Å². The average Bonchev–Trinajstić information content (AvgIpc) is 3.10. The van der Waals surface area contributed by atoms with Crippen LogP contribution in [-0.2, 0) is 24.2 Å². The van der Waals surface area contributed by atoms with Crippen LogP contribution in [0, 0.1) is 5.92 Å². The molecule has 2 N–H and O–H groups in total. The number of anilines is 1. The molecule has 3 aromatic rings. The van der Waals surface area contributed by atoms with Crippen LogP contribution in [0.5, 0.6) is 0 Å². The van der Waals surface area contributed by atoms with Crippen LogP contribution in [0.4, 0.5) is 5.69 Å². The Kier molecular flexibility index (Phi) is 5.62. The van der Waals surface area contributed by atoms with Crippen LogP contribution in [0.1, 0.15) is 54.4 Å². The van der Waals surface area contributed by atoms with Crippen molar-refractivity contribution < 1.29 is 9.59 Å². The van der Waals surface area contributed by atoms with Crippen molar-refractivity contribution in [3.8, 4) is 0 Å². The van der Waals surface area contributed by atoms with Crippen LogP contribution in [0.2, 0.25) is 0 Å². The fourth-order valence-corrected chi connectivity index (χ4v) is 4.42. The van der Waals surface area contributed by atoms with E-state index < -0.39 is 0 Å².